The fourth-order valence-electron chi connectivity index (χ4n) is 0.566. The molecule has 0 atom stereocenters. The Bertz CT molecular complexity index is 157. The van der Waals surface area contributed by atoms with Crippen molar-refractivity contribution >= 4 is 15.7 Å². The van der Waals surface area contributed by atoms with Crippen molar-refractivity contribution in [3.63, 3.8) is 0 Å². The minimum Gasteiger partial charge on any atom is -0.153 e. The van der Waals surface area contributed by atoms with E-state index in [4.69, 9.17) is 15.7 Å². The van der Waals surface area contributed by atoms with Gasteiger partial charge in [-0.1, -0.05) is 24.3 Å². The highest BCUT2D eigenvalue weighted by Gasteiger charge is 1.90. The molecule has 0 spiro atoms. The van der Waals surface area contributed by atoms with E-state index in [0.717, 1.165) is 5.57 Å². The average Bonchev–Trinajstić information content (AvgIpc) is 2.12. The Hall–Kier alpha value is -0.650. The Morgan fingerprint density at radius 2 is 1.62 bits per heavy atom. The SMILES string of the molecule is [B]C([B])=C1C=CC=C1. The smallest absolute Gasteiger partial charge is 0.0931 e. The highest BCUT2D eigenvalue weighted by Crippen LogP contribution is 2.07. The van der Waals surface area contributed by atoms with E-state index in [1.165, 1.54) is 0 Å². The summed E-state index contributed by atoms with van der Waals surface area (Å²) in [6.07, 6.45) is 7.54. The van der Waals surface area contributed by atoms with E-state index in [2.05, 4.69) is 0 Å². The zero-order chi connectivity index (χ0) is 5.98. The van der Waals surface area contributed by atoms with Crippen molar-refractivity contribution in [2.45, 2.75) is 0 Å². The molecule has 0 bridgehead atoms. The maximum atomic E-state index is 5.25. The first-order valence-corrected chi connectivity index (χ1v) is 2.40. The molecular formula is C6H4B2. The first kappa shape index (κ1) is 5.49. The van der Waals surface area contributed by atoms with Crippen LogP contribution in [0, 0.1) is 0 Å². The highest BCUT2D eigenvalue weighted by atomic mass is 13.9. The van der Waals surface area contributed by atoms with Gasteiger partial charge in [0.2, 0.25) is 0 Å². The van der Waals surface area contributed by atoms with Crippen LogP contribution >= 0.6 is 0 Å². The number of hydrogen-bond acceptors (Lipinski definition) is 0. The van der Waals surface area contributed by atoms with Crippen LogP contribution in [-0.2, 0) is 0 Å². The maximum absolute atomic E-state index is 5.25. The average molecular weight is 97.7 g/mol. The van der Waals surface area contributed by atoms with E-state index in [9.17, 15) is 0 Å². The minimum atomic E-state index is 0.384. The van der Waals surface area contributed by atoms with Gasteiger partial charge in [-0.15, -0.1) is 0 Å². The first-order chi connectivity index (χ1) is 3.80. The van der Waals surface area contributed by atoms with E-state index < -0.39 is 0 Å². The highest BCUT2D eigenvalue weighted by molar-refractivity contribution is 6.48. The molecule has 0 saturated carbocycles. The van der Waals surface area contributed by atoms with Gasteiger partial charge in [-0.25, -0.2) is 0 Å². The normalized spacial score (nSPS) is 15.2. The summed E-state index contributed by atoms with van der Waals surface area (Å²) < 4.78 is 0. The Morgan fingerprint density at radius 1 is 1.12 bits per heavy atom. The molecule has 0 nitrogen and oxygen atoms in total. The van der Waals surface area contributed by atoms with Crippen LogP contribution in [0.1, 0.15) is 0 Å². The summed E-state index contributed by atoms with van der Waals surface area (Å²) >= 11 is 0. The third-order valence-corrected chi connectivity index (χ3v) is 0.996. The van der Waals surface area contributed by atoms with Crippen molar-refractivity contribution in [2.24, 2.45) is 0 Å². The summed E-state index contributed by atoms with van der Waals surface area (Å²) in [4.78, 5) is 0. The van der Waals surface area contributed by atoms with Gasteiger partial charge < -0.3 is 0 Å². The summed E-state index contributed by atoms with van der Waals surface area (Å²) in [6.45, 7) is 0. The van der Waals surface area contributed by atoms with Crippen LogP contribution in [0.5, 0.6) is 0 Å². The second kappa shape index (κ2) is 2.08. The lowest BCUT2D eigenvalue weighted by atomic mass is 9.75. The molecule has 34 valence electrons. The van der Waals surface area contributed by atoms with Gasteiger partial charge in [0.25, 0.3) is 0 Å². The quantitative estimate of drug-likeness (QED) is 0.390. The van der Waals surface area contributed by atoms with E-state index in [-0.39, 0.29) is 0 Å². The molecule has 0 aromatic heterocycles. The topological polar surface area (TPSA) is 0 Å². The van der Waals surface area contributed by atoms with Gasteiger partial charge in [0.05, 0.1) is 15.7 Å². The third-order valence-electron chi connectivity index (χ3n) is 0.996. The molecule has 4 radical (unpaired) electrons. The lowest BCUT2D eigenvalue weighted by Gasteiger charge is -1.90. The Kier molecular flexibility index (Phi) is 1.43. The number of hydrogen-bond donors (Lipinski definition) is 0. The van der Waals surface area contributed by atoms with Crippen LogP contribution in [-0.4, -0.2) is 15.7 Å². The maximum Gasteiger partial charge on any atom is 0.0931 e. The van der Waals surface area contributed by atoms with Crippen LogP contribution in [0.15, 0.2) is 35.2 Å². The summed E-state index contributed by atoms with van der Waals surface area (Å²) in [7, 11) is 10.5. The van der Waals surface area contributed by atoms with Crippen molar-refractivity contribution in [3.05, 3.63) is 35.2 Å². The van der Waals surface area contributed by atoms with E-state index in [1.54, 1.807) is 0 Å². The third kappa shape index (κ3) is 0.945. The number of allylic oxidation sites excluding steroid dienone is 5. The first-order valence-electron chi connectivity index (χ1n) is 2.40. The van der Waals surface area contributed by atoms with Gasteiger partial charge >= 0.3 is 0 Å². The van der Waals surface area contributed by atoms with Crippen LogP contribution in [0.3, 0.4) is 0 Å². The lowest BCUT2D eigenvalue weighted by Crippen LogP contribution is -1.82. The minimum absolute atomic E-state index is 0.384. The van der Waals surface area contributed by atoms with Crippen molar-refractivity contribution in [1.82, 2.24) is 0 Å². The van der Waals surface area contributed by atoms with Crippen molar-refractivity contribution in [2.75, 3.05) is 0 Å². The molecule has 1 rings (SSSR count). The molecule has 0 N–H and O–H groups in total. The van der Waals surface area contributed by atoms with Gasteiger partial charge in [-0.2, -0.15) is 5.37 Å². The standard InChI is InChI=1S/C6H4B2/c7-6(8)5-3-1-2-4-5/h1-4H. The molecule has 2 heteroatoms. The van der Waals surface area contributed by atoms with Crippen LogP contribution in [0.4, 0.5) is 0 Å². The lowest BCUT2D eigenvalue weighted by molar-refractivity contribution is 1.80. The Labute approximate surface area is 51.8 Å². The van der Waals surface area contributed by atoms with Crippen LogP contribution in [0.25, 0.3) is 0 Å². The van der Waals surface area contributed by atoms with Gasteiger partial charge in [-0.3, -0.25) is 0 Å². The van der Waals surface area contributed by atoms with Crippen LogP contribution in [0.2, 0.25) is 0 Å². The van der Waals surface area contributed by atoms with Gasteiger partial charge in [0.1, 0.15) is 0 Å². The van der Waals surface area contributed by atoms with Gasteiger partial charge in [-0.05, 0) is 5.57 Å². The molecule has 0 amide bonds. The van der Waals surface area contributed by atoms with Gasteiger partial charge in [0.15, 0.2) is 0 Å². The molecule has 0 heterocycles. The summed E-state index contributed by atoms with van der Waals surface area (Å²) in [5, 5.41) is 0.384. The molecule has 0 unspecified atom stereocenters. The fourth-order valence-corrected chi connectivity index (χ4v) is 0.566. The summed E-state index contributed by atoms with van der Waals surface area (Å²) in [5.74, 6) is 0. The molecule has 0 saturated heterocycles. The molecule has 0 aliphatic heterocycles. The van der Waals surface area contributed by atoms with Crippen LogP contribution < -0.4 is 0 Å². The van der Waals surface area contributed by atoms with Gasteiger partial charge in [0, 0.05) is 0 Å². The van der Waals surface area contributed by atoms with Crippen molar-refractivity contribution < 1.29 is 0 Å². The van der Waals surface area contributed by atoms with Crippen molar-refractivity contribution in [3.8, 4) is 0 Å². The molecule has 0 fully saturated rings. The second-order valence-electron chi connectivity index (χ2n) is 1.63. The molecule has 8 heavy (non-hydrogen) atoms. The summed E-state index contributed by atoms with van der Waals surface area (Å²) in [6, 6.07) is 0. The largest absolute Gasteiger partial charge is 0.153 e. The molecule has 1 aliphatic rings. The zero-order valence-electron chi connectivity index (χ0n) is 4.46. The second-order valence-corrected chi connectivity index (χ2v) is 1.63. The molecule has 0 aromatic carbocycles. The monoisotopic (exact) mass is 98.0 g/mol. The number of rotatable bonds is 0. The Morgan fingerprint density at radius 3 is 1.88 bits per heavy atom. The summed E-state index contributed by atoms with van der Waals surface area (Å²) in [5.41, 5.74) is 0.907. The molecule has 0 aromatic rings. The molecular weight excluding hydrogens is 93.7 g/mol. The molecule has 1 aliphatic carbocycles. The van der Waals surface area contributed by atoms with E-state index >= 15 is 0 Å². The van der Waals surface area contributed by atoms with E-state index in [1.807, 2.05) is 24.3 Å². The Balaban J connectivity index is 2.90. The predicted octanol–water partition coefficient (Wildman–Crippen LogP) is 0.661. The fraction of sp³-hybridized carbons (Fsp3) is 0. The predicted molar refractivity (Wildman–Crippen MR) is 36.8 cm³/mol. The van der Waals surface area contributed by atoms with E-state index in [0.29, 0.717) is 5.37 Å². The zero-order valence-corrected chi connectivity index (χ0v) is 4.46. The van der Waals surface area contributed by atoms with Crippen molar-refractivity contribution in [1.29, 1.82) is 0 Å².